The predicted octanol–water partition coefficient (Wildman–Crippen LogP) is 1.38. The van der Waals surface area contributed by atoms with Crippen molar-refractivity contribution in [1.82, 2.24) is 29.7 Å². The second-order valence-electron chi connectivity index (χ2n) is 4.34. The minimum atomic E-state index is 0.296. The molecule has 0 aromatic carbocycles. The molecule has 0 atom stereocenters. The number of nitrogens with two attached hydrogens (primary N) is 1. The number of nitrogens with zero attached hydrogens (tertiary/aromatic N) is 5. The fourth-order valence-corrected chi connectivity index (χ4v) is 1.72. The molecule has 0 saturated heterocycles. The number of hydrogen-bond acceptors (Lipinski definition) is 5. The van der Waals surface area contributed by atoms with Crippen molar-refractivity contribution >= 4 is 17.0 Å². The van der Waals surface area contributed by atoms with Crippen LogP contribution in [-0.2, 0) is 0 Å². The quantitative estimate of drug-likeness (QED) is 0.708. The smallest absolute Gasteiger partial charge is 0.183 e. The predicted molar refractivity (Wildman–Crippen MR) is 67.7 cm³/mol. The highest BCUT2D eigenvalue weighted by molar-refractivity contribution is 5.82. The maximum absolute atomic E-state index is 5.86. The molecule has 3 aromatic heterocycles. The van der Waals surface area contributed by atoms with Crippen LogP contribution in [0.25, 0.3) is 22.6 Å². The standard InChI is InChI=1S/C11H13N7/c1-6(2)18-4-7(3-15-18)10-16-9(12)8-11(17-10)14-5-13-8/h3-6H,1-2H3,(H3,12,13,14,16,17). The molecule has 0 saturated carbocycles. The third kappa shape index (κ3) is 1.60. The number of fused-ring (bicyclic) bond motifs is 1. The van der Waals surface area contributed by atoms with Gasteiger partial charge in [0, 0.05) is 12.2 Å². The number of aromatic amines is 1. The van der Waals surface area contributed by atoms with E-state index in [2.05, 4.69) is 38.9 Å². The van der Waals surface area contributed by atoms with Gasteiger partial charge in [0.1, 0.15) is 5.52 Å². The Morgan fingerprint density at radius 2 is 2.17 bits per heavy atom. The first-order valence-corrected chi connectivity index (χ1v) is 5.66. The Labute approximate surface area is 103 Å². The molecule has 0 amide bonds. The molecule has 92 valence electrons. The third-order valence-corrected chi connectivity index (χ3v) is 2.70. The van der Waals surface area contributed by atoms with Crippen LogP contribution in [0.2, 0.25) is 0 Å². The van der Waals surface area contributed by atoms with E-state index in [1.54, 1.807) is 12.5 Å². The summed E-state index contributed by atoms with van der Waals surface area (Å²) in [6, 6.07) is 0.296. The number of hydrogen-bond donors (Lipinski definition) is 2. The lowest BCUT2D eigenvalue weighted by molar-refractivity contribution is 0.532. The number of nitrogens with one attached hydrogen (secondary N) is 1. The highest BCUT2D eigenvalue weighted by atomic mass is 15.3. The van der Waals surface area contributed by atoms with Gasteiger partial charge >= 0.3 is 0 Å². The minimum Gasteiger partial charge on any atom is -0.382 e. The van der Waals surface area contributed by atoms with Crippen LogP contribution in [0.4, 0.5) is 5.82 Å². The lowest BCUT2D eigenvalue weighted by Gasteiger charge is -2.03. The lowest BCUT2D eigenvalue weighted by Crippen LogP contribution is -2.00. The van der Waals surface area contributed by atoms with Crippen molar-refractivity contribution in [3.05, 3.63) is 18.7 Å². The van der Waals surface area contributed by atoms with Gasteiger partial charge in [-0.3, -0.25) is 4.68 Å². The molecule has 7 heteroatoms. The molecule has 0 fully saturated rings. The number of nitrogen functional groups attached to an aromatic ring is 1. The molecular weight excluding hydrogens is 230 g/mol. The van der Waals surface area contributed by atoms with Crippen LogP contribution in [0.3, 0.4) is 0 Å². The van der Waals surface area contributed by atoms with Crippen molar-refractivity contribution in [2.24, 2.45) is 0 Å². The Hall–Kier alpha value is -2.44. The zero-order chi connectivity index (χ0) is 12.7. The van der Waals surface area contributed by atoms with E-state index >= 15 is 0 Å². The van der Waals surface area contributed by atoms with Gasteiger partial charge in [0.25, 0.3) is 0 Å². The van der Waals surface area contributed by atoms with Crippen LogP contribution in [0, 0.1) is 0 Å². The summed E-state index contributed by atoms with van der Waals surface area (Å²) in [6.45, 7) is 4.12. The van der Waals surface area contributed by atoms with Crippen LogP contribution in [-0.4, -0.2) is 29.7 Å². The van der Waals surface area contributed by atoms with E-state index in [4.69, 9.17) is 5.73 Å². The Balaban J connectivity index is 2.12. The van der Waals surface area contributed by atoms with Crippen molar-refractivity contribution in [3.8, 4) is 11.4 Å². The van der Waals surface area contributed by atoms with Gasteiger partial charge < -0.3 is 10.7 Å². The Morgan fingerprint density at radius 3 is 2.89 bits per heavy atom. The molecule has 0 aliphatic rings. The summed E-state index contributed by atoms with van der Waals surface area (Å²) in [4.78, 5) is 15.6. The van der Waals surface area contributed by atoms with Gasteiger partial charge in [-0.15, -0.1) is 0 Å². The molecule has 0 bridgehead atoms. The van der Waals surface area contributed by atoms with Crippen molar-refractivity contribution in [2.45, 2.75) is 19.9 Å². The summed E-state index contributed by atoms with van der Waals surface area (Å²) in [5.41, 5.74) is 7.92. The average molecular weight is 243 g/mol. The number of aromatic nitrogens is 6. The largest absolute Gasteiger partial charge is 0.382 e. The third-order valence-electron chi connectivity index (χ3n) is 2.70. The van der Waals surface area contributed by atoms with E-state index in [0.717, 1.165) is 5.56 Å². The van der Waals surface area contributed by atoms with E-state index in [9.17, 15) is 0 Å². The van der Waals surface area contributed by atoms with Crippen molar-refractivity contribution < 1.29 is 0 Å². The molecule has 0 aliphatic carbocycles. The number of rotatable bonds is 2. The van der Waals surface area contributed by atoms with Gasteiger partial charge in [0.2, 0.25) is 0 Å². The van der Waals surface area contributed by atoms with Crippen LogP contribution in [0.5, 0.6) is 0 Å². The number of imidazole rings is 1. The van der Waals surface area contributed by atoms with Gasteiger partial charge in [0.15, 0.2) is 17.3 Å². The van der Waals surface area contributed by atoms with Crippen LogP contribution in [0.1, 0.15) is 19.9 Å². The van der Waals surface area contributed by atoms with Gasteiger partial charge in [-0.05, 0) is 13.8 Å². The molecule has 0 radical (unpaired) electrons. The van der Waals surface area contributed by atoms with Crippen molar-refractivity contribution in [2.75, 3.05) is 5.73 Å². The van der Waals surface area contributed by atoms with Gasteiger partial charge in [0.05, 0.1) is 18.1 Å². The number of H-pyrrole nitrogens is 1. The Bertz CT molecular complexity index is 694. The molecule has 3 rings (SSSR count). The van der Waals surface area contributed by atoms with Crippen molar-refractivity contribution in [3.63, 3.8) is 0 Å². The topological polar surface area (TPSA) is 98.3 Å². The summed E-state index contributed by atoms with van der Waals surface area (Å²) < 4.78 is 1.85. The second-order valence-corrected chi connectivity index (χ2v) is 4.34. The molecule has 0 unspecified atom stereocenters. The Kier molecular flexibility index (Phi) is 2.26. The molecule has 0 spiro atoms. The normalized spacial score (nSPS) is 11.5. The van der Waals surface area contributed by atoms with E-state index < -0.39 is 0 Å². The van der Waals surface area contributed by atoms with Crippen LogP contribution >= 0.6 is 0 Å². The molecule has 3 N–H and O–H groups in total. The van der Waals surface area contributed by atoms with E-state index in [1.165, 1.54) is 0 Å². The zero-order valence-corrected chi connectivity index (χ0v) is 10.1. The fourth-order valence-electron chi connectivity index (χ4n) is 1.72. The summed E-state index contributed by atoms with van der Waals surface area (Å²) in [5, 5.41) is 4.26. The van der Waals surface area contributed by atoms with Gasteiger partial charge in [-0.25, -0.2) is 15.0 Å². The number of anilines is 1. The molecule has 0 aliphatic heterocycles. The molecular formula is C11H13N7. The lowest BCUT2D eigenvalue weighted by atomic mass is 10.3. The monoisotopic (exact) mass is 243 g/mol. The minimum absolute atomic E-state index is 0.296. The molecule has 3 aromatic rings. The zero-order valence-electron chi connectivity index (χ0n) is 10.1. The van der Waals surface area contributed by atoms with Crippen molar-refractivity contribution in [1.29, 1.82) is 0 Å². The van der Waals surface area contributed by atoms with E-state index in [1.807, 2.05) is 10.9 Å². The van der Waals surface area contributed by atoms with Gasteiger partial charge in [-0.1, -0.05) is 0 Å². The molecule has 7 nitrogen and oxygen atoms in total. The first kappa shape index (κ1) is 10.7. The van der Waals surface area contributed by atoms with Gasteiger partial charge in [-0.2, -0.15) is 5.10 Å². The Morgan fingerprint density at radius 1 is 1.33 bits per heavy atom. The van der Waals surface area contributed by atoms with Crippen LogP contribution < -0.4 is 5.73 Å². The SMILES string of the molecule is CC(C)n1cc(-c2nc(N)c3[nH]cnc3n2)cn1. The molecule has 18 heavy (non-hydrogen) atoms. The summed E-state index contributed by atoms with van der Waals surface area (Å²) in [6.07, 6.45) is 5.18. The summed E-state index contributed by atoms with van der Waals surface area (Å²) in [7, 11) is 0. The fraction of sp³-hybridized carbons (Fsp3) is 0.273. The average Bonchev–Trinajstić information content (AvgIpc) is 2.97. The summed E-state index contributed by atoms with van der Waals surface area (Å²) >= 11 is 0. The highest BCUT2D eigenvalue weighted by Crippen LogP contribution is 2.20. The van der Waals surface area contributed by atoms with E-state index in [-0.39, 0.29) is 0 Å². The maximum atomic E-state index is 5.86. The molecule has 3 heterocycles. The van der Waals surface area contributed by atoms with E-state index in [0.29, 0.717) is 28.8 Å². The second kappa shape index (κ2) is 3.80. The first-order chi connectivity index (χ1) is 8.65. The first-order valence-electron chi connectivity index (χ1n) is 5.66. The summed E-state index contributed by atoms with van der Waals surface area (Å²) in [5.74, 6) is 0.934. The highest BCUT2D eigenvalue weighted by Gasteiger charge is 2.11. The maximum Gasteiger partial charge on any atom is 0.183 e. The van der Waals surface area contributed by atoms with Crippen LogP contribution in [0.15, 0.2) is 18.7 Å².